The molecular formula is C26H19F5. The first-order chi connectivity index (χ1) is 14.9. The maximum Gasteiger partial charge on any atom is 0.194 e. The van der Waals surface area contributed by atoms with E-state index < -0.39 is 23.3 Å². The molecule has 3 aromatic carbocycles. The van der Waals surface area contributed by atoms with Crippen molar-refractivity contribution in [3.63, 3.8) is 0 Å². The highest BCUT2D eigenvalue weighted by Crippen LogP contribution is 2.36. The summed E-state index contributed by atoms with van der Waals surface area (Å²) in [6.07, 6.45) is 2.33. The van der Waals surface area contributed by atoms with Gasteiger partial charge in [-0.25, -0.2) is 22.0 Å². The van der Waals surface area contributed by atoms with Crippen LogP contribution in [0.4, 0.5) is 22.0 Å². The number of rotatable bonds is 2. The molecule has 0 bridgehead atoms. The first kappa shape index (κ1) is 21.1. The van der Waals surface area contributed by atoms with Crippen molar-refractivity contribution < 1.29 is 22.0 Å². The molecule has 3 aromatic rings. The third kappa shape index (κ3) is 4.20. The minimum atomic E-state index is -1.57. The van der Waals surface area contributed by atoms with Gasteiger partial charge in [0.25, 0.3) is 0 Å². The molecule has 0 spiro atoms. The predicted octanol–water partition coefficient (Wildman–Crippen LogP) is 6.62. The highest BCUT2D eigenvalue weighted by molar-refractivity contribution is 5.48. The predicted molar refractivity (Wildman–Crippen MR) is 109 cm³/mol. The zero-order valence-corrected chi connectivity index (χ0v) is 16.8. The fraction of sp³-hybridized carbons (Fsp3) is 0.231. The summed E-state index contributed by atoms with van der Waals surface area (Å²) in [5.74, 6) is 0.0654. The van der Waals surface area contributed by atoms with E-state index in [-0.39, 0.29) is 22.9 Å². The summed E-state index contributed by atoms with van der Waals surface area (Å²) in [5, 5.41) is 0. The zero-order valence-electron chi connectivity index (χ0n) is 16.8. The molecular weight excluding hydrogens is 407 g/mol. The van der Waals surface area contributed by atoms with Gasteiger partial charge < -0.3 is 0 Å². The van der Waals surface area contributed by atoms with Crippen LogP contribution < -0.4 is 0 Å². The Bertz CT molecular complexity index is 1190. The van der Waals surface area contributed by atoms with Crippen LogP contribution in [0.1, 0.15) is 52.6 Å². The number of hydrogen-bond donors (Lipinski definition) is 0. The van der Waals surface area contributed by atoms with Crippen molar-refractivity contribution in [2.45, 2.75) is 38.5 Å². The Morgan fingerprint density at radius 2 is 1.58 bits per heavy atom. The van der Waals surface area contributed by atoms with Gasteiger partial charge in [0, 0.05) is 5.56 Å². The van der Waals surface area contributed by atoms with Crippen LogP contribution in [0.15, 0.2) is 42.5 Å². The van der Waals surface area contributed by atoms with E-state index in [1.54, 1.807) is 12.1 Å². The Labute approximate surface area is 177 Å². The highest BCUT2D eigenvalue weighted by atomic mass is 19.2. The Kier molecular flexibility index (Phi) is 5.82. The molecule has 0 saturated heterocycles. The summed E-state index contributed by atoms with van der Waals surface area (Å²) < 4.78 is 69.2. The summed E-state index contributed by atoms with van der Waals surface area (Å²) in [4.78, 5) is 0. The van der Waals surface area contributed by atoms with Crippen LogP contribution in [-0.4, -0.2) is 0 Å². The number of hydrogen-bond acceptors (Lipinski definition) is 0. The SMILES string of the molecule is CCc1ccc(C2CCc3c(ccc(C#Cc4cc(F)c(F)c(F)c4)c3F)C2)c(F)c1. The molecule has 0 amide bonds. The van der Waals surface area contributed by atoms with E-state index in [1.807, 2.05) is 19.1 Å². The minimum Gasteiger partial charge on any atom is -0.207 e. The van der Waals surface area contributed by atoms with E-state index in [9.17, 15) is 17.6 Å². The number of fused-ring (bicyclic) bond motifs is 1. The second-order valence-electron chi connectivity index (χ2n) is 7.72. The molecule has 5 heteroatoms. The molecule has 31 heavy (non-hydrogen) atoms. The molecule has 1 atom stereocenters. The normalized spacial score (nSPS) is 15.2. The molecule has 0 aromatic heterocycles. The number of aryl methyl sites for hydroxylation is 1. The van der Waals surface area contributed by atoms with Crippen molar-refractivity contribution >= 4 is 0 Å². The van der Waals surface area contributed by atoms with Crippen LogP contribution in [0.25, 0.3) is 0 Å². The topological polar surface area (TPSA) is 0 Å². The summed E-state index contributed by atoms with van der Waals surface area (Å²) in [5.41, 5.74) is 2.93. The molecule has 158 valence electrons. The maximum absolute atomic E-state index is 15.0. The largest absolute Gasteiger partial charge is 0.207 e. The van der Waals surface area contributed by atoms with Gasteiger partial charge >= 0.3 is 0 Å². The van der Waals surface area contributed by atoms with Gasteiger partial charge in [-0.05, 0) is 78.1 Å². The molecule has 1 aliphatic carbocycles. The first-order valence-electron chi connectivity index (χ1n) is 10.1. The molecule has 0 N–H and O–H groups in total. The van der Waals surface area contributed by atoms with Gasteiger partial charge in [-0.3, -0.25) is 0 Å². The first-order valence-corrected chi connectivity index (χ1v) is 10.1. The molecule has 0 nitrogen and oxygen atoms in total. The van der Waals surface area contributed by atoms with E-state index >= 15 is 4.39 Å². The summed E-state index contributed by atoms with van der Waals surface area (Å²) in [6, 6.07) is 10.1. The Hall–Kier alpha value is -3.13. The second kappa shape index (κ2) is 8.55. The van der Waals surface area contributed by atoms with Crippen molar-refractivity contribution in [3.8, 4) is 11.8 Å². The molecule has 0 heterocycles. The molecule has 0 saturated carbocycles. The Morgan fingerprint density at radius 3 is 2.26 bits per heavy atom. The average molecular weight is 426 g/mol. The van der Waals surface area contributed by atoms with E-state index in [1.165, 1.54) is 6.07 Å². The number of halogens is 5. The van der Waals surface area contributed by atoms with Gasteiger partial charge in [-0.1, -0.05) is 37.0 Å². The fourth-order valence-electron chi connectivity index (χ4n) is 4.06. The summed E-state index contributed by atoms with van der Waals surface area (Å²) >= 11 is 0. The average Bonchev–Trinajstić information content (AvgIpc) is 2.76. The lowest BCUT2D eigenvalue weighted by Gasteiger charge is -2.26. The lowest BCUT2D eigenvalue weighted by molar-refractivity contribution is 0.446. The molecule has 0 aliphatic heterocycles. The van der Waals surface area contributed by atoms with Crippen molar-refractivity contribution in [1.82, 2.24) is 0 Å². The maximum atomic E-state index is 15.0. The van der Waals surface area contributed by atoms with E-state index in [0.717, 1.165) is 29.7 Å². The van der Waals surface area contributed by atoms with Crippen LogP contribution in [0.2, 0.25) is 0 Å². The van der Waals surface area contributed by atoms with Crippen molar-refractivity contribution in [2.24, 2.45) is 0 Å². The van der Waals surface area contributed by atoms with Crippen molar-refractivity contribution in [3.05, 3.63) is 105 Å². The Morgan fingerprint density at radius 1 is 0.839 bits per heavy atom. The summed E-state index contributed by atoms with van der Waals surface area (Å²) in [6.45, 7) is 1.97. The zero-order chi connectivity index (χ0) is 22.1. The second-order valence-corrected chi connectivity index (χ2v) is 7.72. The molecule has 0 radical (unpaired) electrons. The molecule has 4 rings (SSSR count). The molecule has 0 fully saturated rings. The van der Waals surface area contributed by atoms with Crippen LogP contribution >= 0.6 is 0 Å². The van der Waals surface area contributed by atoms with E-state index in [4.69, 9.17) is 0 Å². The fourth-order valence-corrected chi connectivity index (χ4v) is 4.06. The van der Waals surface area contributed by atoms with E-state index in [2.05, 4.69) is 11.8 Å². The third-order valence-corrected chi connectivity index (χ3v) is 5.79. The van der Waals surface area contributed by atoms with E-state index in [0.29, 0.717) is 30.4 Å². The Balaban J connectivity index is 1.60. The van der Waals surface area contributed by atoms with Gasteiger partial charge in [0.1, 0.15) is 11.6 Å². The third-order valence-electron chi connectivity index (χ3n) is 5.79. The van der Waals surface area contributed by atoms with Gasteiger partial charge in [0.05, 0.1) is 5.56 Å². The summed E-state index contributed by atoms with van der Waals surface area (Å²) in [7, 11) is 0. The lowest BCUT2D eigenvalue weighted by atomic mass is 9.79. The van der Waals surface area contributed by atoms with Crippen LogP contribution in [0, 0.1) is 40.9 Å². The molecule has 1 unspecified atom stereocenters. The van der Waals surface area contributed by atoms with Gasteiger partial charge in [0.2, 0.25) is 0 Å². The van der Waals surface area contributed by atoms with Gasteiger partial charge in [-0.15, -0.1) is 0 Å². The van der Waals surface area contributed by atoms with Gasteiger partial charge in [0.15, 0.2) is 17.5 Å². The highest BCUT2D eigenvalue weighted by Gasteiger charge is 2.25. The number of benzene rings is 3. The smallest absolute Gasteiger partial charge is 0.194 e. The molecule has 1 aliphatic rings. The van der Waals surface area contributed by atoms with Crippen molar-refractivity contribution in [1.29, 1.82) is 0 Å². The quantitative estimate of drug-likeness (QED) is 0.246. The van der Waals surface area contributed by atoms with Crippen molar-refractivity contribution in [2.75, 3.05) is 0 Å². The minimum absolute atomic E-state index is 0.0279. The lowest BCUT2D eigenvalue weighted by Crippen LogP contribution is -2.16. The standard InChI is InChI=1S/C26H19F5/c1-2-15-4-9-20(22(27)11-15)18-8-10-21-19(14-18)7-6-17(25(21)30)5-3-16-12-23(28)26(31)24(29)13-16/h4,6-7,9,11-13,18H,2,8,10,14H2,1H3. The van der Waals surface area contributed by atoms with Crippen LogP contribution in [0.3, 0.4) is 0 Å². The van der Waals surface area contributed by atoms with Crippen LogP contribution in [-0.2, 0) is 19.3 Å². The van der Waals surface area contributed by atoms with Gasteiger partial charge in [-0.2, -0.15) is 0 Å². The van der Waals surface area contributed by atoms with Crippen LogP contribution in [0.5, 0.6) is 0 Å². The monoisotopic (exact) mass is 426 g/mol.